The third kappa shape index (κ3) is 5.67. The molecule has 2 atom stereocenters. The second kappa shape index (κ2) is 7.83. The standard InChI is InChI=1S/C18H23NO4S/c1-18(2,3)23-17(22)19-13-9-10-15(14(20)11-13)24-16(21)12-7-5-4-6-8-12/h4-8,13,15H,9-11H2,1-3H3,(H,19,22). The van der Waals surface area contributed by atoms with Crippen molar-refractivity contribution < 1.29 is 19.1 Å². The molecule has 2 rings (SSSR count). The Morgan fingerprint density at radius 2 is 1.83 bits per heavy atom. The van der Waals surface area contributed by atoms with Crippen LogP contribution in [0, 0.1) is 0 Å². The lowest BCUT2D eigenvalue weighted by atomic mass is 9.94. The molecular formula is C18H23NO4S. The van der Waals surface area contributed by atoms with Crippen LogP contribution < -0.4 is 5.32 Å². The SMILES string of the molecule is CC(C)(C)OC(=O)NC1CCC(SC(=O)c2ccccc2)C(=O)C1. The van der Waals surface area contributed by atoms with Crippen LogP contribution in [-0.2, 0) is 9.53 Å². The van der Waals surface area contributed by atoms with Gasteiger partial charge in [-0.2, -0.15) is 0 Å². The van der Waals surface area contributed by atoms with Gasteiger partial charge in [-0.3, -0.25) is 9.59 Å². The van der Waals surface area contributed by atoms with Crippen molar-refractivity contribution in [3.63, 3.8) is 0 Å². The van der Waals surface area contributed by atoms with Gasteiger partial charge in [0.25, 0.3) is 0 Å². The number of thioether (sulfide) groups is 1. The van der Waals surface area contributed by atoms with Crippen molar-refractivity contribution in [1.82, 2.24) is 5.32 Å². The average Bonchev–Trinajstić information content (AvgIpc) is 2.49. The Bertz CT molecular complexity index is 609. The number of ether oxygens (including phenoxy) is 1. The fourth-order valence-electron chi connectivity index (χ4n) is 2.48. The molecule has 1 saturated carbocycles. The molecule has 0 heterocycles. The molecule has 1 amide bonds. The molecule has 2 unspecified atom stereocenters. The van der Waals surface area contributed by atoms with E-state index in [9.17, 15) is 14.4 Å². The smallest absolute Gasteiger partial charge is 0.407 e. The van der Waals surface area contributed by atoms with Gasteiger partial charge in [-0.1, -0.05) is 42.1 Å². The fraction of sp³-hybridized carbons (Fsp3) is 0.500. The maximum Gasteiger partial charge on any atom is 0.407 e. The number of alkyl carbamates (subject to hydrolysis) is 1. The van der Waals surface area contributed by atoms with E-state index in [1.165, 1.54) is 0 Å². The predicted octanol–water partition coefficient (Wildman–Crippen LogP) is 3.57. The number of rotatable bonds is 3. The molecule has 24 heavy (non-hydrogen) atoms. The molecule has 1 fully saturated rings. The number of amides is 1. The summed E-state index contributed by atoms with van der Waals surface area (Å²) < 4.78 is 5.20. The average molecular weight is 349 g/mol. The van der Waals surface area contributed by atoms with Gasteiger partial charge in [-0.05, 0) is 33.6 Å². The van der Waals surface area contributed by atoms with Crippen LogP contribution in [0.2, 0.25) is 0 Å². The zero-order valence-corrected chi connectivity index (χ0v) is 15.0. The summed E-state index contributed by atoms with van der Waals surface area (Å²) in [6, 6.07) is 8.72. The predicted molar refractivity (Wildman–Crippen MR) is 94.2 cm³/mol. The Morgan fingerprint density at radius 3 is 2.42 bits per heavy atom. The molecule has 0 spiro atoms. The summed E-state index contributed by atoms with van der Waals surface area (Å²) in [5.41, 5.74) is 0.0350. The molecule has 6 heteroatoms. The Kier molecular flexibility index (Phi) is 6.04. The molecule has 1 aromatic rings. The maximum absolute atomic E-state index is 12.3. The number of carbonyl (C=O) groups excluding carboxylic acids is 3. The minimum absolute atomic E-state index is 0.00316. The molecular weight excluding hydrogens is 326 g/mol. The number of hydrogen-bond acceptors (Lipinski definition) is 5. The van der Waals surface area contributed by atoms with E-state index in [0.717, 1.165) is 11.8 Å². The van der Waals surface area contributed by atoms with Crippen LogP contribution in [0.25, 0.3) is 0 Å². The number of nitrogens with one attached hydrogen (secondary N) is 1. The van der Waals surface area contributed by atoms with Crippen molar-refractivity contribution in [2.45, 2.75) is 56.9 Å². The highest BCUT2D eigenvalue weighted by molar-refractivity contribution is 8.15. The van der Waals surface area contributed by atoms with E-state index in [1.807, 2.05) is 6.07 Å². The van der Waals surface area contributed by atoms with Crippen molar-refractivity contribution in [2.24, 2.45) is 0 Å². The summed E-state index contributed by atoms with van der Waals surface area (Å²) >= 11 is 1.08. The normalized spacial score (nSPS) is 21.2. The van der Waals surface area contributed by atoms with E-state index in [1.54, 1.807) is 45.0 Å². The monoisotopic (exact) mass is 349 g/mol. The summed E-state index contributed by atoms with van der Waals surface area (Å²) in [4.78, 5) is 36.2. The molecule has 1 aliphatic carbocycles. The summed E-state index contributed by atoms with van der Waals surface area (Å²) in [5.74, 6) is -0.00316. The van der Waals surface area contributed by atoms with E-state index in [2.05, 4.69) is 5.32 Å². The lowest BCUT2D eigenvalue weighted by molar-refractivity contribution is -0.120. The van der Waals surface area contributed by atoms with E-state index in [0.29, 0.717) is 18.4 Å². The van der Waals surface area contributed by atoms with Gasteiger partial charge in [-0.15, -0.1) is 0 Å². The highest BCUT2D eigenvalue weighted by atomic mass is 32.2. The minimum atomic E-state index is -0.566. The number of Topliss-reactive ketones (excluding diaryl/α,β-unsaturated/α-hetero) is 1. The summed E-state index contributed by atoms with van der Waals surface area (Å²) in [6.07, 6.45) is 0.957. The molecule has 0 radical (unpaired) electrons. The zero-order valence-electron chi connectivity index (χ0n) is 14.2. The number of ketones is 1. The second-order valence-corrected chi connectivity index (χ2v) is 8.03. The molecule has 0 saturated heterocycles. The highest BCUT2D eigenvalue weighted by Gasteiger charge is 2.32. The quantitative estimate of drug-likeness (QED) is 0.903. The van der Waals surface area contributed by atoms with Crippen molar-refractivity contribution in [3.8, 4) is 0 Å². The van der Waals surface area contributed by atoms with Gasteiger partial charge in [0.2, 0.25) is 5.12 Å². The molecule has 0 aromatic heterocycles. The van der Waals surface area contributed by atoms with Crippen LogP contribution in [0.15, 0.2) is 30.3 Å². The van der Waals surface area contributed by atoms with E-state index in [4.69, 9.17) is 4.74 Å². The van der Waals surface area contributed by atoms with E-state index in [-0.39, 0.29) is 28.6 Å². The highest BCUT2D eigenvalue weighted by Crippen LogP contribution is 2.28. The van der Waals surface area contributed by atoms with Gasteiger partial charge in [0, 0.05) is 18.0 Å². The maximum atomic E-state index is 12.3. The first kappa shape index (κ1) is 18.5. The zero-order chi connectivity index (χ0) is 17.7. The van der Waals surface area contributed by atoms with Gasteiger partial charge in [0.1, 0.15) is 11.4 Å². The van der Waals surface area contributed by atoms with Crippen LogP contribution in [-0.4, -0.2) is 33.9 Å². The Labute approximate surface area is 146 Å². The Morgan fingerprint density at radius 1 is 1.17 bits per heavy atom. The van der Waals surface area contributed by atoms with Crippen LogP contribution in [0.5, 0.6) is 0 Å². The van der Waals surface area contributed by atoms with Gasteiger partial charge >= 0.3 is 6.09 Å². The third-order valence-electron chi connectivity index (χ3n) is 3.56. The summed E-state index contributed by atoms with van der Waals surface area (Å²) in [5, 5.41) is 2.31. The summed E-state index contributed by atoms with van der Waals surface area (Å²) in [6.45, 7) is 5.38. The van der Waals surface area contributed by atoms with Gasteiger partial charge in [-0.25, -0.2) is 4.79 Å². The minimum Gasteiger partial charge on any atom is -0.444 e. The number of benzene rings is 1. The van der Waals surface area contributed by atoms with Crippen molar-refractivity contribution in [2.75, 3.05) is 0 Å². The number of hydrogen-bond donors (Lipinski definition) is 1. The molecule has 0 bridgehead atoms. The largest absolute Gasteiger partial charge is 0.444 e. The topological polar surface area (TPSA) is 72.5 Å². The first-order valence-electron chi connectivity index (χ1n) is 8.03. The molecule has 1 aromatic carbocycles. The lowest BCUT2D eigenvalue weighted by Gasteiger charge is -2.28. The van der Waals surface area contributed by atoms with E-state index >= 15 is 0 Å². The van der Waals surface area contributed by atoms with Crippen molar-refractivity contribution in [3.05, 3.63) is 35.9 Å². The third-order valence-corrected chi connectivity index (χ3v) is 4.80. The Hall–Kier alpha value is -1.82. The molecule has 5 nitrogen and oxygen atoms in total. The van der Waals surface area contributed by atoms with Crippen LogP contribution in [0.3, 0.4) is 0 Å². The van der Waals surface area contributed by atoms with Crippen LogP contribution in [0.1, 0.15) is 50.4 Å². The van der Waals surface area contributed by atoms with Crippen LogP contribution in [0.4, 0.5) is 4.79 Å². The van der Waals surface area contributed by atoms with Crippen molar-refractivity contribution in [1.29, 1.82) is 0 Å². The number of carbonyl (C=O) groups is 3. The van der Waals surface area contributed by atoms with Crippen molar-refractivity contribution >= 4 is 28.8 Å². The molecule has 0 aliphatic heterocycles. The first-order chi connectivity index (χ1) is 11.2. The first-order valence-corrected chi connectivity index (χ1v) is 8.91. The lowest BCUT2D eigenvalue weighted by Crippen LogP contribution is -2.44. The van der Waals surface area contributed by atoms with Gasteiger partial charge < -0.3 is 10.1 Å². The van der Waals surface area contributed by atoms with Gasteiger partial charge in [0.05, 0.1) is 5.25 Å². The fourth-order valence-corrected chi connectivity index (χ4v) is 3.50. The van der Waals surface area contributed by atoms with E-state index < -0.39 is 11.7 Å². The molecule has 1 aliphatic rings. The molecule has 130 valence electrons. The molecule has 1 N–H and O–H groups in total. The van der Waals surface area contributed by atoms with Gasteiger partial charge in [0.15, 0.2) is 0 Å². The second-order valence-electron chi connectivity index (χ2n) is 6.85. The van der Waals surface area contributed by atoms with Crippen LogP contribution >= 0.6 is 11.8 Å². The Balaban J connectivity index is 1.84. The summed E-state index contributed by atoms with van der Waals surface area (Å²) in [7, 11) is 0.